The highest BCUT2D eigenvalue weighted by molar-refractivity contribution is 5.85. The number of hydrogen-bond donors (Lipinski definition) is 2. The van der Waals surface area contributed by atoms with Gasteiger partial charge < -0.3 is 10.4 Å². The van der Waals surface area contributed by atoms with Gasteiger partial charge in [0.25, 0.3) is 0 Å². The zero-order chi connectivity index (χ0) is 9.61. The quantitative estimate of drug-likeness (QED) is 0.614. The molecule has 0 spiro atoms. The van der Waals surface area contributed by atoms with Crippen molar-refractivity contribution in [2.45, 2.75) is 39.2 Å². The van der Waals surface area contributed by atoms with Crippen LogP contribution in [0.4, 0.5) is 0 Å². The standard InChI is InChI=1S/C7H13NO2.C2H6/c1-6(9)7(10)3-2-4-8-5-7;1-2/h8,10H,2-5H2,1H3;1-2H3. The van der Waals surface area contributed by atoms with E-state index in [2.05, 4.69) is 5.32 Å². The van der Waals surface area contributed by atoms with Crippen LogP contribution in [0.3, 0.4) is 0 Å². The van der Waals surface area contributed by atoms with Crippen LogP contribution in [-0.4, -0.2) is 29.6 Å². The molecule has 0 aromatic carbocycles. The fraction of sp³-hybridized carbons (Fsp3) is 0.889. The van der Waals surface area contributed by atoms with Crippen molar-refractivity contribution >= 4 is 5.78 Å². The lowest BCUT2D eigenvalue weighted by atomic mass is 9.91. The molecular weight excluding hydrogens is 154 g/mol. The molecule has 1 rings (SSSR count). The summed E-state index contributed by atoms with van der Waals surface area (Å²) in [6.07, 6.45) is 1.49. The van der Waals surface area contributed by atoms with E-state index in [0.29, 0.717) is 13.0 Å². The zero-order valence-corrected chi connectivity index (χ0v) is 8.18. The van der Waals surface area contributed by atoms with Gasteiger partial charge in [0.2, 0.25) is 0 Å². The summed E-state index contributed by atoms with van der Waals surface area (Å²) in [5.74, 6) is -0.125. The summed E-state index contributed by atoms with van der Waals surface area (Å²) in [4.78, 5) is 10.8. The number of β-amino-alcohol motifs (C(OH)–C–C–N with tert-alkyl or cyclic N) is 1. The fourth-order valence-corrected chi connectivity index (χ4v) is 1.19. The van der Waals surface area contributed by atoms with Crippen molar-refractivity contribution in [1.82, 2.24) is 5.32 Å². The van der Waals surface area contributed by atoms with Crippen molar-refractivity contribution in [3.05, 3.63) is 0 Å². The summed E-state index contributed by atoms with van der Waals surface area (Å²) in [6, 6.07) is 0. The van der Waals surface area contributed by atoms with Gasteiger partial charge in [0.15, 0.2) is 5.78 Å². The Morgan fingerprint density at radius 3 is 2.33 bits per heavy atom. The third kappa shape index (κ3) is 2.91. The fourth-order valence-electron chi connectivity index (χ4n) is 1.19. The highest BCUT2D eigenvalue weighted by atomic mass is 16.3. The second kappa shape index (κ2) is 5.27. The highest BCUT2D eigenvalue weighted by Crippen LogP contribution is 2.16. The van der Waals surface area contributed by atoms with Gasteiger partial charge in [0.05, 0.1) is 0 Å². The minimum atomic E-state index is -1.07. The van der Waals surface area contributed by atoms with Crippen LogP contribution in [0.15, 0.2) is 0 Å². The number of hydrogen-bond acceptors (Lipinski definition) is 3. The van der Waals surface area contributed by atoms with Gasteiger partial charge in [-0.2, -0.15) is 0 Å². The third-order valence-electron chi connectivity index (χ3n) is 2.02. The van der Waals surface area contributed by atoms with Crippen LogP contribution in [0.2, 0.25) is 0 Å². The largest absolute Gasteiger partial charge is 0.381 e. The Balaban J connectivity index is 0.000000561. The van der Waals surface area contributed by atoms with Gasteiger partial charge in [-0.25, -0.2) is 0 Å². The molecular formula is C9H19NO2. The van der Waals surface area contributed by atoms with E-state index < -0.39 is 5.60 Å². The van der Waals surface area contributed by atoms with Crippen LogP contribution in [0.5, 0.6) is 0 Å². The summed E-state index contributed by atoms with van der Waals surface area (Å²) in [5, 5.41) is 12.5. The predicted molar refractivity (Wildman–Crippen MR) is 49.1 cm³/mol. The molecule has 0 saturated carbocycles. The molecule has 3 nitrogen and oxygen atoms in total. The molecule has 12 heavy (non-hydrogen) atoms. The summed E-state index contributed by atoms with van der Waals surface area (Å²) in [6.45, 7) is 6.77. The summed E-state index contributed by atoms with van der Waals surface area (Å²) >= 11 is 0. The first-order valence-electron chi connectivity index (χ1n) is 4.59. The van der Waals surface area contributed by atoms with Crippen LogP contribution in [0, 0.1) is 0 Å². The van der Waals surface area contributed by atoms with E-state index in [0.717, 1.165) is 13.0 Å². The molecule has 0 radical (unpaired) electrons. The van der Waals surface area contributed by atoms with Crippen LogP contribution in [0.1, 0.15) is 33.6 Å². The normalized spacial score (nSPS) is 28.7. The van der Waals surface area contributed by atoms with Gasteiger partial charge in [-0.15, -0.1) is 0 Å². The van der Waals surface area contributed by atoms with E-state index in [-0.39, 0.29) is 5.78 Å². The van der Waals surface area contributed by atoms with Crippen LogP contribution >= 0.6 is 0 Å². The Labute approximate surface area is 74.2 Å². The average molecular weight is 173 g/mol. The van der Waals surface area contributed by atoms with Crippen molar-refractivity contribution in [2.24, 2.45) is 0 Å². The smallest absolute Gasteiger partial charge is 0.162 e. The topological polar surface area (TPSA) is 49.3 Å². The van der Waals surface area contributed by atoms with Crippen molar-refractivity contribution in [2.75, 3.05) is 13.1 Å². The van der Waals surface area contributed by atoms with Gasteiger partial charge in [0, 0.05) is 6.54 Å². The molecule has 3 heteroatoms. The molecule has 72 valence electrons. The first kappa shape index (κ1) is 11.6. The summed E-state index contributed by atoms with van der Waals surface area (Å²) < 4.78 is 0. The van der Waals surface area contributed by atoms with Crippen molar-refractivity contribution in [3.8, 4) is 0 Å². The first-order chi connectivity index (χ1) is 5.65. The number of piperidine rings is 1. The Morgan fingerprint density at radius 2 is 2.08 bits per heavy atom. The molecule has 1 unspecified atom stereocenters. The lowest BCUT2D eigenvalue weighted by Gasteiger charge is -2.29. The van der Waals surface area contributed by atoms with Gasteiger partial charge >= 0.3 is 0 Å². The Hall–Kier alpha value is -0.410. The molecule has 1 saturated heterocycles. The van der Waals surface area contributed by atoms with Gasteiger partial charge in [-0.3, -0.25) is 4.79 Å². The molecule has 1 fully saturated rings. The zero-order valence-electron chi connectivity index (χ0n) is 8.18. The number of Topliss-reactive ketones (excluding diaryl/α,β-unsaturated/α-hetero) is 1. The minimum absolute atomic E-state index is 0.125. The molecule has 0 aliphatic carbocycles. The SMILES string of the molecule is CC.CC(=O)C1(O)CCCNC1. The van der Waals surface area contributed by atoms with E-state index in [1.165, 1.54) is 6.92 Å². The molecule has 0 aromatic heterocycles. The molecule has 0 bridgehead atoms. The van der Waals surface area contributed by atoms with Crippen molar-refractivity contribution in [1.29, 1.82) is 0 Å². The Morgan fingerprint density at radius 1 is 1.50 bits per heavy atom. The number of ketones is 1. The summed E-state index contributed by atoms with van der Waals surface area (Å²) in [7, 11) is 0. The maximum absolute atomic E-state index is 10.8. The Kier molecular flexibility index (Phi) is 5.09. The molecule has 0 aromatic rings. The number of aliphatic hydroxyl groups is 1. The van der Waals surface area contributed by atoms with Gasteiger partial charge in [0.1, 0.15) is 5.60 Å². The predicted octanol–water partition coefficient (Wildman–Crippen LogP) is 0.716. The maximum atomic E-state index is 10.8. The molecule has 2 N–H and O–H groups in total. The van der Waals surface area contributed by atoms with Crippen molar-refractivity contribution in [3.63, 3.8) is 0 Å². The monoisotopic (exact) mass is 173 g/mol. The molecule has 1 aliphatic rings. The number of carbonyl (C=O) groups is 1. The molecule has 1 atom stereocenters. The minimum Gasteiger partial charge on any atom is -0.381 e. The number of nitrogens with one attached hydrogen (secondary N) is 1. The third-order valence-corrected chi connectivity index (χ3v) is 2.02. The lowest BCUT2D eigenvalue weighted by molar-refractivity contribution is -0.136. The number of rotatable bonds is 1. The lowest BCUT2D eigenvalue weighted by Crippen LogP contribution is -2.50. The van der Waals surface area contributed by atoms with E-state index in [1.807, 2.05) is 13.8 Å². The van der Waals surface area contributed by atoms with Crippen molar-refractivity contribution < 1.29 is 9.90 Å². The van der Waals surface area contributed by atoms with Crippen LogP contribution < -0.4 is 5.32 Å². The maximum Gasteiger partial charge on any atom is 0.162 e. The second-order valence-electron chi connectivity index (χ2n) is 2.87. The van der Waals surface area contributed by atoms with E-state index in [9.17, 15) is 9.90 Å². The van der Waals surface area contributed by atoms with Gasteiger partial charge in [-0.1, -0.05) is 13.8 Å². The van der Waals surface area contributed by atoms with Crippen LogP contribution in [-0.2, 0) is 4.79 Å². The highest BCUT2D eigenvalue weighted by Gasteiger charge is 2.33. The molecule has 0 amide bonds. The van der Waals surface area contributed by atoms with E-state index >= 15 is 0 Å². The average Bonchev–Trinajstić information content (AvgIpc) is 2.09. The molecule has 1 aliphatic heterocycles. The Bertz CT molecular complexity index is 139. The second-order valence-corrected chi connectivity index (χ2v) is 2.87. The first-order valence-corrected chi connectivity index (χ1v) is 4.59. The number of carbonyl (C=O) groups excluding carboxylic acids is 1. The van der Waals surface area contributed by atoms with Crippen LogP contribution in [0.25, 0.3) is 0 Å². The summed E-state index contributed by atoms with van der Waals surface area (Å²) in [5.41, 5.74) is -1.07. The van der Waals surface area contributed by atoms with Gasteiger partial charge in [-0.05, 0) is 26.3 Å². The van der Waals surface area contributed by atoms with E-state index in [1.54, 1.807) is 0 Å². The molecule has 1 heterocycles. The van der Waals surface area contributed by atoms with E-state index in [4.69, 9.17) is 0 Å².